The average molecular weight is 323 g/mol. The molecule has 0 unspecified atom stereocenters. The second-order valence-electron chi connectivity index (χ2n) is 6.08. The lowest BCUT2D eigenvalue weighted by Gasteiger charge is -2.38. The van der Waals surface area contributed by atoms with Crippen LogP contribution < -0.4 is 5.32 Å². The van der Waals surface area contributed by atoms with Crippen LogP contribution in [-0.2, 0) is 16.1 Å². The van der Waals surface area contributed by atoms with Crippen molar-refractivity contribution in [3.63, 3.8) is 0 Å². The Kier molecular flexibility index (Phi) is 4.89. The smallest absolute Gasteiger partial charge is 0.225 e. The lowest BCUT2D eigenvalue weighted by molar-refractivity contribution is -0.141. The Balaban J connectivity index is 1.76. The van der Waals surface area contributed by atoms with Gasteiger partial charge in [-0.1, -0.05) is 36.4 Å². The summed E-state index contributed by atoms with van der Waals surface area (Å²) >= 11 is 0. The van der Waals surface area contributed by atoms with Crippen molar-refractivity contribution in [2.45, 2.75) is 25.4 Å². The second kappa shape index (κ2) is 7.25. The first-order chi connectivity index (χ1) is 11.7. The number of amides is 2. The van der Waals surface area contributed by atoms with Gasteiger partial charge >= 0.3 is 0 Å². The first kappa shape index (κ1) is 16.2. The molecule has 2 atom stereocenters. The van der Waals surface area contributed by atoms with Gasteiger partial charge in [0.1, 0.15) is 0 Å². The van der Waals surface area contributed by atoms with Gasteiger partial charge in [0.2, 0.25) is 11.8 Å². The molecule has 1 fully saturated rings. The number of carbonyl (C=O) groups is 2. The number of pyridine rings is 1. The summed E-state index contributed by atoms with van der Waals surface area (Å²) in [6.07, 6.45) is 4.43. The van der Waals surface area contributed by atoms with Gasteiger partial charge in [-0.25, -0.2) is 0 Å². The Labute approximate surface area is 141 Å². The van der Waals surface area contributed by atoms with E-state index in [1.165, 1.54) is 0 Å². The van der Waals surface area contributed by atoms with Crippen LogP contribution in [0.15, 0.2) is 54.9 Å². The summed E-state index contributed by atoms with van der Waals surface area (Å²) < 4.78 is 0. The molecule has 2 aromatic rings. The number of hydrogen-bond donors (Lipinski definition) is 1. The molecule has 0 bridgehead atoms. The monoisotopic (exact) mass is 323 g/mol. The summed E-state index contributed by atoms with van der Waals surface area (Å²) in [7, 11) is 1.78. The zero-order valence-corrected chi connectivity index (χ0v) is 13.7. The molecule has 124 valence electrons. The van der Waals surface area contributed by atoms with Gasteiger partial charge in [0.25, 0.3) is 0 Å². The van der Waals surface area contributed by atoms with Crippen LogP contribution in [-0.4, -0.2) is 28.7 Å². The lowest BCUT2D eigenvalue weighted by Crippen LogP contribution is -2.46. The molecule has 2 amide bonds. The van der Waals surface area contributed by atoms with Crippen LogP contribution in [0.1, 0.15) is 30.0 Å². The third kappa shape index (κ3) is 3.45. The van der Waals surface area contributed by atoms with Crippen LogP contribution >= 0.6 is 0 Å². The molecule has 5 nitrogen and oxygen atoms in total. The molecular formula is C19H21N3O2. The Bertz CT molecular complexity index is 703. The molecule has 5 heteroatoms. The Hall–Kier alpha value is -2.69. The Morgan fingerprint density at radius 2 is 2.04 bits per heavy atom. The SMILES string of the molecule is CN1C(=O)CC[C@H](C(=O)NCc2cccnc2)[C@@H]1c1ccccc1. The first-order valence-electron chi connectivity index (χ1n) is 8.14. The van der Waals surface area contributed by atoms with Crippen molar-refractivity contribution in [3.8, 4) is 0 Å². The summed E-state index contributed by atoms with van der Waals surface area (Å²) in [6, 6.07) is 13.3. The third-order valence-electron chi connectivity index (χ3n) is 4.53. The highest BCUT2D eigenvalue weighted by Gasteiger charge is 2.38. The molecule has 1 aromatic heterocycles. The van der Waals surface area contributed by atoms with Crippen molar-refractivity contribution in [1.82, 2.24) is 15.2 Å². The number of piperidine rings is 1. The number of aromatic nitrogens is 1. The maximum Gasteiger partial charge on any atom is 0.225 e. The molecule has 0 radical (unpaired) electrons. The van der Waals surface area contributed by atoms with Gasteiger partial charge in [-0.3, -0.25) is 14.6 Å². The number of hydrogen-bond acceptors (Lipinski definition) is 3. The number of carbonyl (C=O) groups excluding carboxylic acids is 2. The maximum atomic E-state index is 12.7. The number of nitrogens with one attached hydrogen (secondary N) is 1. The summed E-state index contributed by atoms with van der Waals surface area (Å²) in [4.78, 5) is 30.6. The minimum atomic E-state index is -0.244. The van der Waals surface area contributed by atoms with E-state index >= 15 is 0 Å². The van der Waals surface area contributed by atoms with Crippen molar-refractivity contribution in [2.75, 3.05) is 7.05 Å². The molecule has 1 saturated heterocycles. The third-order valence-corrected chi connectivity index (χ3v) is 4.53. The van der Waals surface area contributed by atoms with E-state index in [2.05, 4.69) is 10.3 Å². The quantitative estimate of drug-likeness (QED) is 0.939. The summed E-state index contributed by atoms with van der Waals surface area (Å²) in [5.41, 5.74) is 1.96. The fraction of sp³-hybridized carbons (Fsp3) is 0.316. The average Bonchev–Trinajstić information content (AvgIpc) is 2.63. The van der Waals surface area contributed by atoms with Crippen LogP contribution in [0.5, 0.6) is 0 Å². The van der Waals surface area contributed by atoms with E-state index < -0.39 is 0 Å². The van der Waals surface area contributed by atoms with Crippen LogP contribution in [0.25, 0.3) is 0 Å². The fourth-order valence-corrected chi connectivity index (χ4v) is 3.24. The molecule has 1 aliphatic rings. The molecule has 0 spiro atoms. The van der Waals surface area contributed by atoms with Crippen LogP contribution in [0.3, 0.4) is 0 Å². The minimum absolute atomic E-state index is 0.0212. The standard InChI is InChI=1S/C19H21N3O2/c1-22-17(23)10-9-16(18(22)15-7-3-2-4-8-15)19(24)21-13-14-6-5-11-20-12-14/h2-8,11-12,16,18H,9-10,13H2,1H3,(H,21,24)/t16-,18-/m0/s1. The Morgan fingerprint density at radius 1 is 1.25 bits per heavy atom. The van der Waals surface area contributed by atoms with Crippen molar-refractivity contribution in [1.29, 1.82) is 0 Å². The summed E-state index contributed by atoms with van der Waals surface area (Å²) in [5, 5.41) is 2.99. The van der Waals surface area contributed by atoms with E-state index in [0.717, 1.165) is 11.1 Å². The molecule has 1 aliphatic heterocycles. The van der Waals surface area contributed by atoms with Crippen LogP contribution in [0.4, 0.5) is 0 Å². The summed E-state index contributed by atoms with van der Waals surface area (Å²) in [5.74, 6) is -0.181. The highest BCUT2D eigenvalue weighted by molar-refractivity contribution is 5.84. The van der Waals surface area contributed by atoms with Gasteiger partial charge in [-0.2, -0.15) is 0 Å². The van der Waals surface area contributed by atoms with Crippen molar-refractivity contribution < 1.29 is 9.59 Å². The molecular weight excluding hydrogens is 302 g/mol. The number of nitrogens with zero attached hydrogens (tertiary/aromatic N) is 2. The van der Waals surface area contributed by atoms with E-state index in [0.29, 0.717) is 19.4 Å². The van der Waals surface area contributed by atoms with Crippen LogP contribution in [0.2, 0.25) is 0 Å². The van der Waals surface area contributed by atoms with Crippen molar-refractivity contribution >= 4 is 11.8 Å². The molecule has 1 aromatic carbocycles. The largest absolute Gasteiger partial charge is 0.352 e. The fourth-order valence-electron chi connectivity index (χ4n) is 3.24. The molecule has 24 heavy (non-hydrogen) atoms. The van der Waals surface area contributed by atoms with Crippen LogP contribution in [0, 0.1) is 5.92 Å². The molecule has 0 saturated carbocycles. The summed E-state index contributed by atoms with van der Waals surface area (Å²) in [6.45, 7) is 0.447. The van der Waals surface area contributed by atoms with Gasteiger partial charge in [0, 0.05) is 32.4 Å². The van der Waals surface area contributed by atoms with Gasteiger partial charge in [0.15, 0.2) is 0 Å². The lowest BCUT2D eigenvalue weighted by atomic mass is 9.84. The number of benzene rings is 1. The normalized spacial score (nSPS) is 20.7. The predicted molar refractivity (Wildman–Crippen MR) is 90.8 cm³/mol. The van der Waals surface area contributed by atoms with Crippen molar-refractivity contribution in [3.05, 3.63) is 66.0 Å². The maximum absolute atomic E-state index is 12.7. The number of likely N-dealkylation sites (tertiary alicyclic amines) is 1. The molecule has 3 rings (SSSR count). The van der Waals surface area contributed by atoms with E-state index in [1.807, 2.05) is 42.5 Å². The van der Waals surface area contributed by atoms with Gasteiger partial charge in [-0.15, -0.1) is 0 Å². The highest BCUT2D eigenvalue weighted by Crippen LogP contribution is 2.35. The Morgan fingerprint density at radius 3 is 2.75 bits per heavy atom. The zero-order chi connectivity index (χ0) is 16.9. The van der Waals surface area contributed by atoms with E-state index in [1.54, 1.807) is 24.3 Å². The van der Waals surface area contributed by atoms with Crippen molar-refractivity contribution in [2.24, 2.45) is 5.92 Å². The number of rotatable bonds is 4. The highest BCUT2D eigenvalue weighted by atomic mass is 16.2. The molecule has 1 N–H and O–H groups in total. The predicted octanol–water partition coefficient (Wildman–Crippen LogP) is 2.31. The van der Waals surface area contributed by atoms with Gasteiger partial charge in [-0.05, 0) is 23.6 Å². The first-order valence-corrected chi connectivity index (χ1v) is 8.14. The van der Waals surface area contributed by atoms with Gasteiger partial charge < -0.3 is 10.2 Å². The zero-order valence-electron chi connectivity index (χ0n) is 13.7. The topological polar surface area (TPSA) is 62.3 Å². The van der Waals surface area contributed by atoms with E-state index in [9.17, 15) is 9.59 Å². The minimum Gasteiger partial charge on any atom is -0.352 e. The molecule has 0 aliphatic carbocycles. The van der Waals surface area contributed by atoms with E-state index in [4.69, 9.17) is 0 Å². The van der Waals surface area contributed by atoms with E-state index in [-0.39, 0.29) is 23.8 Å². The van der Waals surface area contributed by atoms with Gasteiger partial charge in [0.05, 0.1) is 12.0 Å². The molecule has 2 heterocycles. The second-order valence-corrected chi connectivity index (χ2v) is 6.08.